The van der Waals surface area contributed by atoms with Crippen LogP contribution in [0.1, 0.15) is 16.8 Å². The molecule has 24 heavy (non-hydrogen) atoms. The molecule has 1 atom stereocenters. The highest BCUT2D eigenvalue weighted by Gasteiger charge is 2.29. The predicted molar refractivity (Wildman–Crippen MR) is 93.5 cm³/mol. The minimum absolute atomic E-state index is 0.0271. The third-order valence-electron chi connectivity index (χ3n) is 4.03. The van der Waals surface area contributed by atoms with Crippen molar-refractivity contribution in [3.05, 3.63) is 48.3 Å². The van der Waals surface area contributed by atoms with E-state index in [1.807, 2.05) is 35.2 Å². The van der Waals surface area contributed by atoms with Crippen molar-refractivity contribution in [2.75, 3.05) is 11.5 Å². The van der Waals surface area contributed by atoms with Gasteiger partial charge in [-0.15, -0.1) is 0 Å². The van der Waals surface area contributed by atoms with Crippen molar-refractivity contribution >= 4 is 37.3 Å². The van der Waals surface area contributed by atoms with E-state index in [4.69, 9.17) is 0 Å². The molecule has 3 heterocycles. The number of nitrogens with one attached hydrogen (secondary N) is 1. The summed E-state index contributed by atoms with van der Waals surface area (Å²) < 4.78 is 25.8. The van der Waals surface area contributed by atoms with Crippen LogP contribution >= 0.6 is 11.3 Å². The molecule has 0 aliphatic carbocycles. The van der Waals surface area contributed by atoms with E-state index in [1.54, 1.807) is 12.1 Å². The molecule has 0 unspecified atom stereocenters. The molecule has 1 aliphatic heterocycles. The Balaban J connectivity index is 1.57. The van der Waals surface area contributed by atoms with Crippen LogP contribution in [-0.4, -0.2) is 41.4 Å². The molecule has 0 saturated carbocycles. The van der Waals surface area contributed by atoms with Crippen molar-refractivity contribution in [1.82, 2.24) is 14.9 Å². The summed E-state index contributed by atoms with van der Waals surface area (Å²) in [5.41, 5.74) is 1.36. The molecule has 1 aliphatic rings. The molecule has 0 bridgehead atoms. The molecule has 124 valence electrons. The number of fused-ring (bicyclic) bond motifs is 1. The second kappa shape index (κ2) is 5.71. The number of rotatable bonds is 3. The topological polar surface area (TPSA) is 81.1 Å². The minimum atomic E-state index is -3.01. The summed E-state index contributed by atoms with van der Waals surface area (Å²) in [5.74, 6) is -0.0688. The van der Waals surface area contributed by atoms with Crippen LogP contribution in [-0.2, 0) is 9.84 Å². The molecule has 0 radical (unpaired) electrons. The Hall–Kier alpha value is -2.19. The number of hydrogen-bond acceptors (Lipinski definition) is 5. The van der Waals surface area contributed by atoms with Gasteiger partial charge in [0.15, 0.2) is 15.0 Å². The summed E-state index contributed by atoms with van der Waals surface area (Å²) in [6, 6.07) is 8.91. The molecule has 1 N–H and O–H groups in total. The number of benzene rings is 1. The molecule has 1 aromatic carbocycles. The quantitative estimate of drug-likeness (QED) is 0.774. The Bertz CT molecular complexity index is 1010. The molecule has 1 saturated heterocycles. The van der Waals surface area contributed by atoms with E-state index in [0.29, 0.717) is 12.0 Å². The first kappa shape index (κ1) is 15.3. The highest BCUT2D eigenvalue weighted by atomic mass is 32.2. The largest absolute Gasteiger partial charge is 0.348 e. The number of thiazole rings is 1. The number of sulfone groups is 1. The number of carbonyl (C=O) groups is 1. The van der Waals surface area contributed by atoms with E-state index in [1.165, 1.54) is 11.3 Å². The van der Waals surface area contributed by atoms with Crippen molar-refractivity contribution in [2.45, 2.75) is 12.5 Å². The number of amides is 1. The maximum atomic E-state index is 12.4. The molecular weight excluding hydrogens is 346 g/mol. The van der Waals surface area contributed by atoms with Gasteiger partial charge in [-0.2, -0.15) is 0 Å². The lowest BCUT2D eigenvalue weighted by molar-refractivity contribution is 0.0941. The van der Waals surface area contributed by atoms with Gasteiger partial charge in [-0.05, 0) is 36.8 Å². The van der Waals surface area contributed by atoms with Crippen molar-refractivity contribution < 1.29 is 13.2 Å². The second-order valence-corrected chi connectivity index (χ2v) is 9.08. The van der Waals surface area contributed by atoms with Crippen LogP contribution < -0.4 is 5.32 Å². The number of aromatic nitrogens is 2. The fourth-order valence-corrected chi connectivity index (χ4v) is 5.45. The standard InChI is InChI=1S/C16H15N3O3S2/c20-15(17-12-5-8-24(21,22)10-12)11-3-4-13-14(9-11)23-16(18-13)19-6-1-2-7-19/h1-4,6-7,9,12H,5,8,10H2,(H,17,20)/t12-/m0/s1. The van der Waals surface area contributed by atoms with Gasteiger partial charge in [0.25, 0.3) is 5.91 Å². The van der Waals surface area contributed by atoms with Crippen molar-refractivity contribution in [1.29, 1.82) is 0 Å². The van der Waals surface area contributed by atoms with Crippen molar-refractivity contribution in [3.63, 3.8) is 0 Å². The molecule has 0 spiro atoms. The van der Waals surface area contributed by atoms with E-state index < -0.39 is 9.84 Å². The third-order valence-corrected chi connectivity index (χ3v) is 6.83. The average Bonchev–Trinajstić information content (AvgIpc) is 3.25. The smallest absolute Gasteiger partial charge is 0.251 e. The Morgan fingerprint density at radius 3 is 2.79 bits per heavy atom. The highest BCUT2D eigenvalue weighted by molar-refractivity contribution is 7.91. The monoisotopic (exact) mass is 361 g/mol. The Labute approximate surface area is 143 Å². The fourth-order valence-electron chi connectivity index (χ4n) is 2.80. The Kier molecular flexibility index (Phi) is 3.65. The highest BCUT2D eigenvalue weighted by Crippen LogP contribution is 2.26. The van der Waals surface area contributed by atoms with E-state index in [0.717, 1.165) is 15.3 Å². The second-order valence-electron chi connectivity index (χ2n) is 5.84. The zero-order chi connectivity index (χ0) is 16.7. The van der Waals surface area contributed by atoms with E-state index in [-0.39, 0.29) is 23.5 Å². The lowest BCUT2D eigenvalue weighted by Gasteiger charge is -2.10. The van der Waals surface area contributed by atoms with Gasteiger partial charge in [0.1, 0.15) is 0 Å². The first-order chi connectivity index (χ1) is 11.5. The lowest BCUT2D eigenvalue weighted by Crippen LogP contribution is -2.35. The maximum absolute atomic E-state index is 12.4. The first-order valence-electron chi connectivity index (χ1n) is 7.55. The predicted octanol–water partition coefficient (Wildman–Crippen LogP) is 2.00. The van der Waals surface area contributed by atoms with Crippen LogP contribution in [0.2, 0.25) is 0 Å². The summed E-state index contributed by atoms with van der Waals surface area (Å²) in [4.78, 5) is 16.9. The molecular formula is C16H15N3O3S2. The minimum Gasteiger partial charge on any atom is -0.348 e. The molecule has 1 amide bonds. The fraction of sp³-hybridized carbons (Fsp3) is 0.250. The summed E-state index contributed by atoms with van der Waals surface area (Å²) in [7, 11) is -3.01. The van der Waals surface area contributed by atoms with Crippen LogP contribution in [0.25, 0.3) is 15.3 Å². The molecule has 8 heteroatoms. The van der Waals surface area contributed by atoms with Crippen LogP contribution in [0.3, 0.4) is 0 Å². The van der Waals surface area contributed by atoms with Gasteiger partial charge in [-0.3, -0.25) is 4.79 Å². The number of carbonyl (C=O) groups excluding carboxylic acids is 1. The van der Waals surface area contributed by atoms with Gasteiger partial charge < -0.3 is 9.88 Å². The first-order valence-corrected chi connectivity index (χ1v) is 10.2. The molecule has 4 rings (SSSR count). The average molecular weight is 361 g/mol. The zero-order valence-corrected chi connectivity index (χ0v) is 14.3. The van der Waals surface area contributed by atoms with Gasteiger partial charge >= 0.3 is 0 Å². The third kappa shape index (κ3) is 2.94. The summed E-state index contributed by atoms with van der Waals surface area (Å²) in [5, 5.41) is 3.65. The maximum Gasteiger partial charge on any atom is 0.251 e. The summed E-state index contributed by atoms with van der Waals surface area (Å²) >= 11 is 1.51. The number of nitrogens with zero attached hydrogens (tertiary/aromatic N) is 2. The van der Waals surface area contributed by atoms with Crippen LogP contribution in [0.4, 0.5) is 0 Å². The summed E-state index contributed by atoms with van der Waals surface area (Å²) in [6.07, 6.45) is 4.33. The molecule has 3 aromatic rings. The normalized spacial score (nSPS) is 19.6. The van der Waals surface area contributed by atoms with Gasteiger partial charge in [0.05, 0.1) is 21.7 Å². The van der Waals surface area contributed by atoms with E-state index >= 15 is 0 Å². The molecule has 6 nitrogen and oxygen atoms in total. The van der Waals surface area contributed by atoms with Crippen LogP contribution in [0.15, 0.2) is 42.7 Å². The lowest BCUT2D eigenvalue weighted by atomic mass is 10.2. The van der Waals surface area contributed by atoms with Gasteiger partial charge in [0, 0.05) is 24.0 Å². The van der Waals surface area contributed by atoms with E-state index in [9.17, 15) is 13.2 Å². The van der Waals surface area contributed by atoms with Crippen LogP contribution in [0.5, 0.6) is 0 Å². The van der Waals surface area contributed by atoms with Gasteiger partial charge in [-0.1, -0.05) is 11.3 Å². The van der Waals surface area contributed by atoms with E-state index in [2.05, 4.69) is 10.3 Å². The Morgan fingerprint density at radius 2 is 2.08 bits per heavy atom. The van der Waals surface area contributed by atoms with Crippen molar-refractivity contribution in [2.24, 2.45) is 0 Å². The zero-order valence-electron chi connectivity index (χ0n) is 12.7. The van der Waals surface area contributed by atoms with Crippen molar-refractivity contribution in [3.8, 4) is 5.13 Å². The van der Waals surface area contributed by atoms with Gasteiger partial charge in [-0.25, -0.2) is 13.4 Å². The summed E-state index contributed by atoms with van der Waals surface area (Å²) in [6.45, 7) is 0. The number of hydrogen-bond donors (Lipinski definition) is 1. The molecule has 1 fully saturated rings. The SMILES string of the molecule is O=C(N[C@H]1CCS(=O)(=O)C1)c1ccc2nc(-n3cccc3)sc2c1. The Morgan fingerprint density at radius 1 is 1.29 bits per heavy atom. The van der Waals surface area contributed by atoms with Crippen LogP contribution in [0, 0.1) is 0 Å². The van der Waals surface area contributed by atoms with Gasteiger partial charge in [0.2, 0.25) is 0 Å². The molecule has 2 aromatic heterocycles.